The molecule has 5 heteroatoms. The van der Waals surface area contributed by atoms with Crippen LogP contribution >= 0.6 is 0 Å². The Morgan fingerprint density at radius 1 is 1.24 bits per heavy atom. The van der Waals surface area contributed by atoms with Gasteiger partial charge in [-0.3, -0.25) is 9.13 Å². The Hall–Kier alpha value is -2.04. The lowest BCUT2D eigenvalue weighted by Crippen LogP contribution is -2.28. The van der Waals surface area contributed by atoms with E-state index in [1.807, 2.05) is 31.2 Å². The highest BCUT2D eigenvalue weighted by atomic mass is 16.4. The van der Waals surface area contributed by atoms with Crippen LogP contribution in [0.2, 0.25) is 0 Å². The fourth-order valence-corrected chi connectivity index (χ4v) is 2.00. The van der Waals surface area contributed by atoms with Crippen LogP contribution < -0.4 is 10.8 Å². The molecule has 0 aliphatic rings. The zero-order valence-electron chi connectivity index (χ0n) is 9.55. The first kappa shape index (κ1) is 11.4. The molecule has 0 saturated heterocycles. The Labute approximate surface area is 97.9 Å². The number of carbonyl (C=O) groups is 1. The highest BCUT2D eigenvalue weighted by molar-refractivity contribution is 5.76. The highest BCUT2D eigenvalue weighted by Gasteiger charge is 2.10. The average molecular weight is 233 g/mol. The Bertz CT molecular complexity index is 610. The number of nitrogens with zero attached hydrogens (tertiary/aromatic N) is 2. The highest BCUT2D eigenvalue weighted by Crippen LogP contribution is 2.12. The normalized spacial score (nSPS) is 10.9. The van der Waals surface area contributed by atoms with Crippen LogP contribution in [0.4, 0.5) is 0 Å². The van der Waals surface area contributed by atoms with Crippen LogP contribution in [-0.2, 0) is 17.9 Å². The first-order chi connectivity index (χ1) is 8.15. The summed E-state index contributed by atoms with van der Waals surface area (Å²) in [6, 6.07) is 7.36. The largest absolute Gasteiger partial charge is 0.550 e. The lowest BCUT2D eigenvalue weighted by molar-refractivity contribution is -0.305. The molecular weight excluding hydrogens is 220 g/mol. The zero-order chi connectivity index (χ0) is 12.4. The number of rotatable bonds is 4. The molecule has 1 aromatic carbocycles. The van der Waals surface area contributed by atoms with Crippen LogP contribution in [0.15, 0.2) is 29.1 Å². The number of carbonyl (C=O) groups excluding carboxylic acids is 1. The summed E-state index contributed by atoms with van der Waals surface area (Å²) >= 11 is 0. The van der Waals surface area contributed by atoms with Crippen LogP contribution in [0.3, 0.4) is 0 Å². The maximum absolute atomic E-state index is 12.0. The van der Waals surface area contributed by atoms with Gasteiger partial charge in [0.2, 0.25) is 0 Å². The SMILES string of the molecule is CCn1c(=O)n(CCC(=O)[O-])c2ccccc21. The van der Waals surface area contributed by atoms with Crippen LogP contribution in [0.25, 0.3) is 11.0 Å². The van der Waals surface area contributed by atoms with E-state index in [1.165, 1.54) is 4.57 Å². The number of imidazole rings is 1. The summed E-state index contributed by atoms with van der Waals surface area (Å²) in [6.45, 7) is 2.60. The molecule has 0 unspecified atom stereocenters. The molecule has 90 valence electrons. The van der Waals surface area contributed by atoms with Crippen LogP contribution in [-0.4, -0.2) is 15.1 Å². The minimum atomic E-state index is -1.15. The molecule has 0 saturated carbocycles. The summed E-state index contributed by atoms with van der Waals surface area (Å²) in [5, 5.41) is 10.5. The number of benzene rings is 1. The van der Waals surface area contributed by atoms with Crippen LogP contribution in [0.1, 0.15) is 13.3 Å². The number of aliphatic carboxylic acids is 1. The van der Waals surface area contributed by atoms with Crippen molar-refractivity contribution < 1.29 is 9.90 Å². The predicted octanol–water partition coefficient (Wildman–Crippen LogP) is -0.0371. The second-order valence-corrected chi connectivity index (χ2v) is 3.79. The van der Waals surface area contributed by atoms with E-state index in [0.717, 1.165) is 11.0 Å². The van der Waals surface area contributed by atoms with E-state index in [1.54, 1.807) is 4.57 Å². The molecular formula is C12H13N2O3-. The second-order valence-electron chi connectivity index (χ2n) is 3.79. The first-order valence-electron chi connectivity index (χ1n) is 5.53. The van der Waals surface area contributed by atoms with Gasteiger partial charge < -0.3 is 9.90 Å². The summed E-state index contributed by atoms with van der Waals surface area (Å²) in [6.07, 6.45) is -0.155. The van der Waals surface area contributed by atoms with Crippen molar-refractivity contribution in [2.45, 2.75) is 26.4 Å². The first-order valence-corrected chi connectivity index (χ1v) is 5.53. The molecule has 17 heavy (non-hydrogen) atoms. The fraction of sp³-hybridized carbons (Fsp3) is 0.333. The van der Waals surface area contributed by atoms with Gasteiger partial charge >= 0.3 is 5.69 Å². The van der Waals surface area contributed by atoms with Gasteiger partial charge in [-0.05, 0) is 19.1 Å². The average Bonchev–Trinajstić information content (AvgIpc) is 2.58. The molecule has 5 nitrogen and oxygen atoms in total. The third-order valence-electron chi connectivity index (χ3n) is 2.78. The molecule has 0 spiro atoms. The fourth-order valence-electron chi connectivity index (χ4n) is 2.00. The summed E-state index contributed by atoms with van der Waals surface area (Å²) in [5.41, 5.74) is 1.42. The Morgan fingerprint density at radius 2 is 1.82 bits per heavy atom. The minimum absolute atomic E-state index is 0.147. The van der Waals surface area contributed by atoms with E-state index in [9.17, 15) is 14.7 Å². The topological polar surface area (TPSA) is 67.1 Å². The number of hydrogen-bond acceptors (Lipinski definition) is 3. The molecule has 0 radical (unpaired) electrons. The molecule has 0 fully saturated rings. The van der Waals surface area contributed by atoms with Gasteiger partial charge in [0.15, 0.2) is 0 Å². The summed E-state index contributed by atoms with van der Waals surface area (Å²) in [5.74, 6) is -1.15. The number of para-hydroxylation sites is 2. The van der Waals surface area contributed by atoms with Gasteiger partial charge in [0, 0.05) is 25.5 Å². The number of fused-ring (bicyclic) bond motifs is 1. The Kier molecular flexibility index (Phi) is 2.99. The zero-order valence-corrected chi connectivity index (χ0v) is 9.55. The predicted molar refractivity (Wildman–Crippen MR) is 61.5 cm³/mol. The van der Waals surface area contributed by atoms with Crippen molar-refractivity contribution in [3.05, 3.63) is 34.7 Å². The van der Waals surface area contributed by atoms with Crippen molar-refractivity contribution in [3.8, 4) is 0 Å². The molecule has 0 N–H and O–H groups in total. The quantitative estimate of drug-likeness (QED) is 0.744. The van der Waals surface area contributed by atoms with E-state index < -0.39 is 5.97 Å². The molecule has 0 bridgehead atoms. The van der Waals surface area contributed by atoms with E-state index in [4.69, 9.17) is 0 Å². The summed E-state index contributed by atoms with van der Waals surface area (Å²) in [7, 11) is 0. The van der Waals surface area contributed by atoms with Crippen molar-refractivity contribution in [2.75, 3.05) is 0 Å². The number of aromatic nitrogens is 2. The Morgan fingerprint density at radius 3 is 2.35 bits per heavy atom. The second kappa shape index (κ2) is 4.45. The lowest BCUT2D eigenvalue weighted by atomic mass is 10.3. The number of carboxylic acid groups (broad SMARTS) is 1. The molecule has 2 rings (SSSR count). The van der Waals surface area contributed by atoms with E-state index in [-0.39, 0.29) is 18.7 Å². The molecule has 1 aromatic heterocycles. The molecule has 0 amide bonds. The number of aryl methyl sites for hydroxylation is 2. The Balaban J connectivity index is 2.58. The van der Waals surface area contributed by atoms with Crippen LogP contribution in [0, 0.1) is 0 Å². The number of hydrogen-bond donors (Lipinski definition) is 0. The molecule has 2 aromatic rings. The maximum Gasteiger partial charge on any atom is 0.329 e. The van der Waals surface area contributed by atoms with E-state index >= 15 is 0 Å². The van der Waals surface area contributed by atoms with Crippen molar-refractivity contribution in [1.29, 1.82) is 0 Å². The van der Waals surface area contributed by atoms with Gasteiger partial charge in [-0.1, -0.05) is 12.1 Å². The van der Waals surface area contributed by atoms with Crippen molar-refractivity contribution in [2.24, 2.45) is 0 Å². The van der Waals surface area contributed by atoms with Gasteiger partial charge in [-0.15, -0.1) is 0 Å². The van der Waals surface area contributed by atoms with Gasteiger partial charge in [0.25, 0.3) is 0 Å². The number of carboxylic acids is 1. The van der Waals surface area contributed by atoms with Crippen molar-refractivity contribution in [3.63, 3.8) is 0 Å². The third kappa shape index (κ3) is 1.95. The minimum Gasteiger partial charge on any atom is -0.550 e. The van der Waals surface area contributed by atoms with Gasteiger partial charge in [-0.25, -0.2) is 4.79 Å². The lowest BCUT2D eigenvalue weighted by Gasteiger charge is -2.03. The standard InChI is InChI=1S/C12H14N2O3/c1-2-13-9-5-3-4-6-10(9)14(12(13)17)8-7-11(15)16/h3-6H,2,7-8H2,1H3,(H,15,16)/p-1. The van der Waals surface area contributed by atoms with E-state index in [2.05, 4.69) is 0 Å². The summed E-state index contributed by atoms with van der Waals surface area (Å²) < 4.78 is 3.11. The van der Waals surface area contributed by atoms with Crippen LogP contribution in [0.5, 0.6) is 0 Å². The molecule has 0 aliphatic heterocycles. The van der Waals surface area contributed by atoms with E-state index in [0.29, 0.717) is 6.54 Å². The molecule has 0 atom stereocenters. The van der Waals surface area contributed by atoms with Crippen molar-refractivity contribution >= 4 is 17.0 Å². The molecule has 0 aliphatic carbocycles. The monoisotopic (exact) mass is 233 g/mol. The molecule has 1 heterocycles. The smallest absolute Gasteiger partial charge is 0.329 e. The van der Waals surface area contributed by atoms with Gasteiger partial charge in [0.1, 0.15) is 0 Å². The summed E-state index contributed by atoms with van der Waals surface area (Å²) in [4.78, 5) is 22.5. The third-order valence-corrected chi connectivity index (χ3v) is 2.78. The van der Waals surface area contributed by atoms with Gasteiger partial charge in [0.05, 0.1) is 11.0 Å². The van der Waals surface area contributed by atoms with Crippen molar-refractivity contribution in [1.82, 2.24) is 9.13 Å². The van der Waals surface area contributed by atoms with Gasteiger partial charge in [-0.2, -0.15) is 0 Å². The maximum atomic E-state index is 12.0.